The first-order chi connectivity index (χ1) is 12.2. The SMILES string of the molecule is Cc1nnc(-c2cc3cc(NC(=O)CN4CCCC4)ncc3cn2)s1. The van der Waals surface area contributed by atoms with E-state index in [0.29, 0.717) is 12.4 Å². The second-order valence-corrected chi connectivity index (χ2v) is 7.33. The maximum atomic E-state index is 12.2. The molecule has 3 aromatic heterocycles. The van der Waals surface area contributed by atoms with Gasteiger partial charge in [-0.25, -0.2) is 4.98 Å². The summed E-state index contributed by atoms with van der Waals surface area (Å²) in [5, 5.41) is 14.6. The number of fused-ring (bicyclic) bond motifs is 1. The average molecular weight is 354 g/mol. The summed E-state index contributed by atoms with van der Waals surface area (Å²) in [6.45, 7) is 4.33. The summed E-state index contributed by atoms with van der Waals surface area (Å²) in [6.07, 6.45) is 5.83. The molecule has 0 aliphatic carbocycles. The van der Waals surface area contributed by atoms with Gasteiger partial charge in [0.2, 0.25) is 5.91 Å². The van der Waals surface area contributed by atoms with Gasteiger partial charge in [-0.2, -0.15) is 0 Å². The highest BCUT2D eigenvalue weighted by Crippen LogP contribution is 2.25. The van der Waals surface area contributed by atoms with Crippen LogP contribution in [-0.2, 0) is 4.79 Å². The van der Waals surface area contributed by atoms with Crippen molar-refractivity contribution in [2.75, 3.05) is 25.0 Å². The van der Waals surface area contributed by atoms with Crippen LogP contribution < -0.4 is 5.32 Å². The second kappa shape index (κ2) is 6.81. The molecule has 4 rings (SSSR count). The van der Waals surface area contributed by atoms with Crippen molar-refractivity contribution in [1.82, 2.24) is 25.1 Å². The molecule has 0 bridgehead atoms. The van der Waals surface area contributed by atoms with E-state index in [2.05, 4.69) is 30.4 Å². The minimum atomic E-state index is -0.0252. The topological polar surface area (TPSA) is 83.9 Å². The fourth-order valence-electron chi connectivity index (χ4n) is 2.95. The van der Waals surface area contributed by atoms with E-state index in [0.717, 1.165) is 39.6 Å². The van der Waals surface area contributed by atoms with Crippen LogP contribution in [0.1, 0.15) is 17.8 Å². The zero-order chi connectivity index (χ0) is 17.2. The molecule has 4 heterocycles. The highest BCUT2D eigenvalue weighted by Gasteiger charge is 2.15. The minimum absolute atomic E-state index is 0.0252. The molecule has 0 saturated carbocycles. The molecule has 8 heteroatoms. The Morgan fingerprint density at radius 3 is 2.72 bits per heavy atom. The smallest absolute Gasteiger partial charge is 0.239 e. The van der Waals surface area contributed by atoms with E-state index in [1.807, 2.05) is 19.1 Å². The Labute approximate surface area is 149 Å². The monoisotopic (exact) mass is 354 g/mol. The molecule has 0 unspecified atom stereocenters. The van der Waals surface area contributed by atoms with E-state index < -0.39 is 0 Å². The van der Waals surface area contributed by atoms with E-state index in [4.69, 9.17) is 0 Å². The van der Waals surface area contributed by atoms with Gasteiger partial charge in [0.15, 0.2) is 5.01 Å². The number of hydrogen-bond donors (Lipinski definition) is 1. The largest absolute Gasteiger partial charge is 0.310 e. The summed E-state index contributed by atoms with van der Waals surface area (Å²) in [5.74, 6) is 0.532. The number of nitrogens with zero attached hydrogens (tertiary/aromatic N) is 5. The maximum Gasteiger partial charge on any atom is 0.239 e. The summed E-state index contributed by atoms with van der Waals surface area (Å²) in [7, 11) is 0. The summed E-state index contributed by atoms with van der Waals surface area (Å²) in [6, 6.07) is 3.82. The molecule has 1 aliphatic heterocycles. The van der Waals surface area contributed by atoms with Gasteiger partial charge in [0.25, 0.3) is 0 Å². The summed E-state index contributed by atoms with van der Waals surface area (Å²) in [4.78, 5) is 23.1. The van der Waals surface area contributed by atoms with Crippen LogP contribution in [0.5, 0.6) is 0 Å². The third kappa shape index (κ3) is 3.64. The van der Waals surface area contributed by atoms with E-state index in [1.54, 1.807) is 12.4 Å². The van der Waals surface area contributed by atoms with Crippen LogP contribution in [-0.4, -0.2) is 50.6 Å². The second-order valence-electron chi connectivity index (χ2n) is 6.14. The van der Waals surface area contributed by atoms with Crippen molar-refractivity contribution in [1.29, 1.82) is 0 Å². The van der Waals surface area contributed by atoms with Crippen molar-refractivity contribution in [2.45, 2.75) is 19.8 Å². The molecule has 3 aromatic rings. The molecule has 1 amide bonds. The van der Waals surface area contributed by atoms with E-state index in [-0.39, 0.29) is 5.91 Å². The van der Waals surface area contributed by atoms with Crippen molar-refractivity contribution < 1.29 is 4.79 Å². The van der Waals surface area contributed by atoms with E-state index in [9.17, 15) is 4.79 Å². The number of pyridine rings is 2. The number of rotatable bonds is 4. The molecule has 1 aliphatic rings. The standard InChI is InChI=1S/C17H18N6OS/c1-11-21-22-17(25-11)14-6-12-7-15(19-9-13(12)8-18-14)20-16(24)10-23-4-2-3-5-23/h6-9H,2-5,10H2,1H3,(H,19,20,24). The molecule has 25 heavy (non-hydrogen) atoms. The summed E-state index contributed by atoms with van der Waals surface area (Å²) in [5.41, 5.74) is 0.777. The summed E-state index contributed by atoms with van der Waals surface area (Å²) >= 11 is 1.51. The predicted molar refractivity (Wildman–Crippen MR) is 97.5 cm³/mol. The van der Waals surface area contributed by atoms with Crippen LogP contribution in [0.25, 0.3) is 21.5 Å². The van der Waals surface area contributed by atoms with Crippen LogP contribution in [0.3, 0.4) is 0 Å². The number of anilines is 1. The molecule has 0 spiro atoms. The zero-order valence-corrected chi connectivity index (χ0v) is 14.7. The van der Waals surface area contributed by atoms with Crippen LogP contribution in [0.4, 0.5) is 5.82 Å². The molecule has 128 valence electrons. The predicted octanol–water partition coefficient (Wildman–Crippen LogP) is 2.49. The van der Waals surface area contributed by atoms with Gasteiger partial charge in [0.1, 0.15) is 16.5 Å². The van der Waals surface area contributed by atoms with E-state index >= 15 is 0 Å². The Balaban J connectivity index is 1.54. The number of carbonyl (C=O) groups is 1. The Hall–Kier alpha value is -2.45. The molecule has 0 aromatic carbocycles. The first kappa shape index (κ1) is 16.0. The van der Waals surface area contributed by atoms with Gasteiger partial charge in [-0.15, -0.1) is 10.2 Å². The van der Waals surface area contributed by atoms with Crippen molar-refractivity contribution >= 4 is 33.8 Å². The molecule has 1 saturated heterocycles. The van der Waals surface area contributed by atoms with Crippen LogP contribution in [0, 0.1) is 6.92 Å². The minimum Gasteiger partial charge on any atom is -0.310 e. The number of hydrogen-bond acceptors (Lipinski definition) is 7. The summed E-state index contributed by atoms with van der Waals surface area (Å²) < 4.78 is 0. The van der Waals surface area contributed by atoms with Crippen molar-refractivity contribution in [3.63, 3.8) is 0 Å². The Kier molecular flexibility index (Phi) is 4.37. The first-order valence-corrected chi connectivity index (χ1v) is 9.07. The molecular formula is C17H18N6OS. The number of nitrogens with one attached hydrogen (secondary N) is 1. The van der Waals surface area contributed by atoms with Gasteiger partial charge in [0, 0.05) is 17.8 Å². The van der Waals surface area contributed by atoms with Gasteiger partial charge >= 0.3 is 0 Å². The third-order valence-corrected chi connectivity index (χ3v) is 5.04. The number of aryl methyl sites for hydroxylation is 1. The Morgan fingerprint density at radius 1 is 1.16 bits per heavy atom. The number of amides is 1. The maximum absolute atomic E-state index is 12.2. The van der Waals surface area contributed by atoms with Crippen LogP contribution >= 0.6 is 11.3 Å². The lowest BCUT2D eigenvalue weighted by Crippen LogP contribution is -2.31. The van der Waals surface area contributed by atoms with Crippen LogP contribution in [0.15, 0.2) is 24.5 Å². The van der Waals surface area contributed by atoms with Gasteiger partial charge in [-0.1, -0.05) is 11.3 Å². The van der Waals surface area contributed by atoms with E-state index in [1.165, 1.54) is 24.2 Å². The van der Waals surface area contributed by atoms with Gasteiger partial charge in [-0.3, -0.25) is 14.7 Å². The number of carbonyl (C=O) groups excluding carboxylic acids is 1. The van der Waals surface area contributed by atoms with Gasteiger partial charge in [-0.05, 0) is 50.4 Å². The van der Waals surface area contributed by atoms with Crippen LogP contribution in [0.2, 0.25) is 0 Å². The molecular weight excluding hydrogens is 336 g/mol. The van der Waals surface area contributed by atoms with Gasteiger partial charge in [0.05, 0.1) is 6.54 Å². The number of aromatic nitrogens is 4. The molecule has 0 atom stereocenters. The molecule has 7 nitrogen and oxygen atoms in total. The Bertz CT molecular complexity index is 918. The normalized spacial score (nSPS) is 14.9. The lowest BCUT2D eigenvalue weighted by Gasteiger charge is -2.13. The number of likely N-dealkylation sites (tertiary alicyclic amines) is 1. The zero-order valence-electron chi connectivity index (χ0n) is 13.9. The molecule has 1 N–H and O–H groups in total. The highest BCUT2D eigenvalue weighted by atomic mass is 32.1. The van der Waals surface area contributed by atoms with Crippen molar-refractivity contribution in [2.24, 2.45) is 0 Å². The lowest BCUT2D eigenvalue weighted by atomic mass is 10.2. The lowest BCUT2D eigenvalue weighted by molar-refractivity contribution is -0.117. The van der Waals surface area contributed by atoms with Gasteiger partial charge < -0.3 is 5.32 Å². The fourth-order valence-corrected chi connectivity index (χ4v) is 3.61. The first-order valence-electron chi connectivity index (χ1n) is 8.26. The van der Waals surface area contributed by atoms with Crippen molar-refractivity contribution in [3.05, 3.63) is 29.5 Å². The Morgan fingerprint density at radius 2 is 1.96 bits per heavy atom. The third-order valence-electron chi connectivity index (χ3n) is 4.18. The molecule has 1 fully saturated rings. The fraction of sp³-hybridized carbons (Fsp3) is 0.353. The highest BCUT2D eigenvalue weighted by molar-refractivity contribution is 7.14. The average Bonchev–Trinajstić information content (AvgIpc) is 3.26. The quantitative estimate of drug-likeness (QED) is 0.775. The van der Waals surface area contributed by atoms with Crippen molar-refractivity contribution in [3.8, 4) is 10.7 Å². The molecule has 0 radical (unpaired) electrons.